The summed E-state index contributed by atoms with van der Waals surface area (Å²) in [5, 5.41) is 2.31. The molecule has 0 aliphatic carbocycles. The molecule has 30 heavy (non-hydrogen) atoms. The van der Waals surface area contributed by atoms with E-state index in [1.165, 1.54) is 0 Å². The van der Waals surface area contributed by atoms with Crippen LogP contribution in [-0.4, -0.2) is 71.9 Å². The van der Waals surface area contributed by atoms with Gasteiger partial charge in [0, 0.05) is 37.1 Å². The third-order valence-electron chi connectivity index (χ3n) is 3.88. The molecule has 0 spiro atoms. The highest BCUT2D eigenvalue weighted by Crippen LogP contribution is 2.23. The zero-order valence-corrected chi connectivity index (χ0v) is 21.3. The molecule has 0 N–H and O–H groups in total. The van der Waals surface area contributed by atoms with Crippen LogP contribution in [0.2, 0.25) is 0 Å². The van der Waals surface area contributed by atoms with Crippen molar-refractivity contribution in [3.05, 3.63) is 0 Å². The molecule has 1 heterocycles. The van der Waals surface area contributed by atoms with Crippen LogP contribution in [0.1, 0.15) is 59.3 Å². The van der Waals surface area contributed by atoms with E-state index in [2.05, 4.69) is 35.7 Å². The summed E-state index contributed by atoms with van der Waals surface area (Å²) in [5.41, 5.74) is 0. The second-order valence-corrected chi connectivity index (χ2v) is 9.81. The molecule has 0 unspecified atom stereocenters. The molecule has 0 saturated heterocycles. The van der Waals surface area contributed by atoms with Gasteiger partial charge in [-0.3, -0.25) is 0 Å². The lowest BCUT2D eigenvalue weighted by molar-refractivity contribution is 0.147. The molecular weight excluding hydrogens is 438 g/mol. The Bertz CT molecular complexity index is 444. The van der Waals surface area contributed by atoms with Crippen molar-refractivity contribution in [1.29, 1.82) is 0 Å². The summed E-state index contributed by atoms with van der Waals surface area (Å²) < 4.78 is 16.9. The van der Waals surface area contributed by atoms with Crippen LogP contribution in [0.3, 0.4) is 0 Å². The second kappa shape index (κ2) is 20.8. The average Bonchev–Trinajstić information content (AvgIpc) is 2.75. The molecule has 1 aromatic rings. The Kier molecular flexibility index (Phi) is 19.4. The van der Waals surface area contributed by atoms with Crippen molar-refractivity contribution in [2.75, 3.05) is 56.9 Å². The number of ether oxygens (including phenoxy) is 3. The molecule has 174 valence electrons. The third kappa shape index (κ3) is 15.7. The maximum Gasteiger partial charge on any atom is 0.192 e. The van der Waals surface area contributed by atoms with Crippen LogP contribution in [-0.2, 0) is 14.2 Å². The summed E-state index contributed by atoms with van der Waals surface area (Å²) in [6.07, 6.45) is 6.81. The molecule has 9 heteroatoms. The molecule has 0 aromatic carbocycles. The Labute approximate surface area is 195 Å². The van der Waals surface area contributed by atoms with Crippen LogP contribution in [0, 0.1) is 0 Å². The summed E-state index contributed by atoms with van der Waals surface area (Å²) in [4.78, 5) is 13.9. The Balaban J connectivity index is 2.47. The van der Waals surface area contributed by atoms with Crippen molar-refractivity contribution >= 4 is 35.3 Å². The lowest BCUT2D eigenvalue weighted by Gasteiger charge is -2.08. The van der Waals surface area contributed by atoms with E-state index in [0.717, 1.165) is 111 Å². The highest BCUT2D eigenvalue weighted by Gasteiger charge is 2.09. The first-order chi connectivity index (χ1) is 14.8. The van der Waals surface area contributed by atoms with Crippen molar-refractivity contribution in [3.8, 4) is 0 Å². The number of nitrogens with zero attached hydrogens (tertiary/aromatic N) is 3. The maximum atomic E-state index is 5.64. The van der Waals surface area contributed by atoms with E-state index >= 15 is 0 Å². The van der Waals surface area contributed by atoms with Gasteiger partial charge in [-0.2, -0.15) is 15.0 Å². The van der Waals surface area contributed by atoms with E-state index in [0.29, 0.717) is 0 Å². The molecule has 0 bridgehead atoms. The SMILES string of the molecule is CCCCOCCSc1nc(SCCOCCCC)nc(SCCOCCCC)n1. The van der Waals surface area contributed by atoms with Crippen molar-refractivity contribution in [2.45, 2.75) is 74.8 Å². The van der Waals surface area contributed by atoms with Crippen molar-refractivity contribution in [3.63, 3.8) is 0 Å². The topological polar surface area (TPSA) is 66.4 Å². The molecule has 1 rings (SSSR count). The van der Waals surface area contributed by atoms with Crippen LogP contribution in [0.15, 0.2) is 15.5 Å². The summed E-state index contributed by atoms with van der Waals surface area (Å²) in [6.45, 7) is 11.2. The summed E-state index contributed by atoms with van der Waals surface area (Å²) in [6, 6.07) is 0. The molecule has 0 saturated carbocycles. The van der Waals surface area contributed by atoms with E-state index in [4.69, 9.17) is 14.2 Å². The van der Waals surface area contributed by atoms with E-state index < -0.39 is 0 Å². The molecule has 0 radical (unpaired) electrons. The van der Waals surface area contributed by atoms with Gasteiger partial charge in [0.2, 0.25) is 0 Å². The smallest absolute Gasteiger partial charge is 0.192 e. The fourth-order valence-electron chi connectivity index (χ4n) is 2.14. The fourth-order valence-corrected chi connectivity index (χ4v) is 4.37. The lowest BCUT2D eigenvalue weighted by Crippen LogP contribution is -2.04. The molecular formula is C21H39N3O3S3. The molecule has 0 aliphatic heterocycles. The zero-order valence-electron chi connectivity index (χ0n) is 18.9. The second-order valence-electron chi connectivity index (χ2n) is 6.63. The molecule has 0 atom stereocenters. The fraction of sp³-hybridized carbons (Fsp3) is 0.857. The van der Waals surface area contributed by atoms with Gasteiger partial charge in [0.05, 0.1) is 19.8 Å². The van der Waals surface area contributed by atoms with E-state index in [9.17, 15) is 0 Å². The predicted octanol–water partition coefficient (Wildman–Crippen LogP) is 5.60. The standard InChI is InChI=1S/C21H39N3O3S3/c1-4-7-10-25-13-16-28-19-22-20(29-17-14-26-11-8-5-2)24-21(23-19)30-18-15-27-12-9-6-3/h4-18H2,1-3H3. The number of hydrogen-bond donors (Lipinski definition) is 0. The molecule has 6 nitrogen and oxygen atoms in total. The van der Waals surface area contributed by atoms with Crippen molar-refractivity contribution < 1.29 is 14.2 Å². The Morgan fingerprint density at radius 1 is 0.500 bits per heavy atom. The van der Waals surface area contributed by atoms with E-state index in [-0.39, 0.29) is 0 Å². The van der Waals surface area contributed by atoms with Gasteiger partial charge in [-0.05, 0) is 19.3 Å². The first-order valence-corrected chi connectivity index (χ1v) is 14.1. The summed E-state index contributed by atoms with van der Waals surface area (Å²) in [7, 11) is 0. The minimum Gasteiger partial charge on any atom is -0.381 e. The van der Waals surface area contributed by atoms with Gasteiger partial charge in [0.15, 0.2) is 15.5 Å². The minimum atomic E-state index is 0.720. The van der Waals surface area contributed by atoms with Crippen LogP contribution in [0.25, 0.3) is 0 Å². The average molecular weight is 478 g/mol. The van der Waals surface area contributed by atoms with Crippen LogP contribution < -0.4 is 0 Å². The largest absolute Gasteiger partial charge is 0.381 e. The van der Waals surface area contributed by atoms with Crippen LogP contribution >= 0.6 is 35.3 Å². The Morgan fingerprint density at radius 3 is 1.07 bits per heavy atom. The highest BCUT2D eigenvalue weighted by atomic mass is 32.2. The number of hydrogen-bond acceptors (Lipinski definition) is 9. The molecule has 0 amide bonds. The van der Waals surface area contributed by atoms with Crippen molar-refractivity contribution in [1.82, 2.24) is 15.0 Å². The first kappa shape index (κ1) is 28.0. The van der Waals surface area contributed by atoms with Crippen LogP contribution in [0.5, 0.6) is 0 Å². The van der Waals surface area contributed by atoms with Crippen LogP contribution in [0.4, 0.5) is 0 Å². The van der Waals surface area contributed by atoms with Gasteiger partial charge in [-0.15, -0.1) is 0 Å². The minimum absolute atomic E-state index is 0.720. The Hall–Kier alpha value is -0.0600. The number of unbranched alkanes of at least 4 members (excludes halogenated alkanes) is 3. The number of rotatable bonds is 21. The predicted molar refractivity (Wildman–Crippen MR) is 129 cm³/mol. The normalized spacial score (nSPS) is 11.3. The monoisotopic (exact) mass is 477 g/mol. The van der Waals surface area contributed by atoms with Crippen molar-refractivity contribution in [2.24, 2.45) is 0 Å². The maximum absolute atomic E-state index is 5.64. The zero-order chi connectivity index (χ0) is 21.7. The van der Waals surface area contributed by atoms with Gasteiger partial charge in [0.25, 0.3) is 0 Å². The Morgan fingerprint density at radius 2 is 0.800 bits per heavy atom. The van der Waals surface area contributed by atoms with Gasteiger partial charge in [-0.1, -0.05) is 75.3 Å². The number of thioether (sulfide) groups is 3. The first-order valence-electron chi connectivity index (χ1n) is 11.2. The van der Waals surface area contributed by atoms with E-state index in [1.807, 2.05) is 0 Å². The highest BCUT2D eigenvalue weighted by molar-refractivity contribution is 8.00. The molecule has 0 aliphatic rings. The van der Waals surface area contributed by atoms with Gasteiger partial charge < -0.3 is 14.2 Å². The molecule has 1 aromatic heterocycles. The quantitative estimate of drug-likeness (QED) is 0.166. The van der Waals surface area contributed by atoms with E-state index in [1.54, 1.807) is 35.3 Å². The van der Waals surface area contributed by atoms with Gasteiger partial charge >= 0.3 is 0 Å². The van der Waals surface area contributed by atoms with Gasteiger partial charge in [-0.25, -0.2) is 0 Å². The third-order valence-corrected chi connectivity index (χ3v) is 6.31. The molecule has 0 fully saturated rings. The number of aromatic nitrogens is 3. The lowest BCUT2D eigenvalue weighted by atomic mass is 10.4. The van der Waals surface area contributed by atoms with Gasteiger partial charge in [0.1, 0.15) is 0 Å². The summed E-state index contributed by atoms with van der Waals surface area (Å²) >= 11 is 4.89. The summed E-state index contributed by atoms with van der Waals surface area (Å²) in [5.74, 6) is 2.55.